The number of likely N-dealkylation sites (tertiary alicyclic amines) is 1. The molecular formula is C19H21ClN2O3S. The second-order valence-corrected chi connectivity index (χ2v) is 7.62. The van der Waals surface area contributed by atoms with Gasteiger partial charge in [0, 0.05) is 28.9 Å². The Morgan fingerprint density at radius 3 is 2.81 bits per heavy atom. The molecule has 5 nitrogen and oxygen atoms in total. The number of benzene rings is 1. The topological polar surface area (TPSA) is 66.6 Å². The molecule has 2 atom stereocenters. The average Bonchev–Trinajstić information content (AvgIpc) is 3.19. The van der Waals surface area contributed by atoms with E-state index in [1.165, 1.54) is 0 Å². The van der Waals surface area contributed by atoms with Crippen LogP contribution in [0.25, 0.3) is 0 Å². The minimum absolute atomic E-state index is 0.100. The van der Waals surface area contributed by atoms with Crippen LogP contribution in [0.15, 0.2) is 34.9 Å². The molecule has 1 saturated heterocycles. The van der Waals surface area contributed by atoms with Crippen LogP contribution in [-0.2, 0) is 17.6 Å². The molecule has 3 rings (SSSR count). The van der Waals surface area contributed by atoms with Gasteiger partial charge in [0.05, 0.1) is 24.3 Å². The number of thiocarbonyl (C=S) groups is 1. The van der Waals surface area contributed by atoms with E-state index in [0.717, 1.165) is 22.5 Å². The zero-order valence-corrected chi connectivity index (χ0v) is 16.1. The minimum Gasteiger partial charge on any atom is -0.391 e. The Morgan fingerprint density at radius 1 is 1.42 bits per heavy atom. The fourth-order valence-corrected chi connectivity index (χ4v) is 3.68. The number of aromatic nitrogens is 1. The lowest BCUT2D eigenvalue weighted by molar-refractivity contribution is -0.130. The van der Waals surface area contributed by atoms with Crippen molar-refractivity contribution in [3.8, 4) is 0 Å². The van der Waals surface area contributed by atoms with Crippen molar-refractivity contribution in [2.75, 3.05) is 6.54 Å². The molecule has 2 heterocycles. The molecule has 1 N–H and O–H groups in total. The minimum atomic E-state index is -0.547. The number of carbonyl (C=O) groups is 1. The highest BCUT2D eigenvalue weighted by Gasteiger charge is 2.36. The van der Waals surface area contributed by atoms with Crippen LogP contribution >= 0.6 is 23.8 Å². The predicted octanol–water partition coefficient (Wildman–Crippen LogP) is 3.14. The van der Waals surface area contributed by atoms with Gasteiger partial charge in [-0.15, -0.1) is 0 Å². The van der Waals surface area contributed by atoms with Gasteiger partial charge in [0.1, 0.15) is 5.76 Å². The Labute approximate surface area is 162 Å². The van der Waals surface area contributed by atoms with E-state index in [0.29, 0.717) is 30.2 Å². The highest BCUT2D eigenvalue weighted by molar-refractivity contribution is 7.80. The van der Waals surface area contributed by atoms with Crippen molar-refractivity contribution in [1.29, 1.82) is 0 Å². The number of aliphatic hydroxyl groups excluding tert-OH is 1. The van der Waals surface area contributed by atoms with Crippen molar-refractivity contribution < 1.29 is 14.4 Å². The summed E-state index contributed by atoms with van der Waals surface area (Å²) >= 11 is 11.5. The quantitative estimate of drug-likeness (QED) is 0.765. The molecule has 26 heavy (non-hydrogen) atoms. The Balaban J connectivity index is 1.61. The van der Waals surface area contributed by atoms with Gasteiger partial charge in [0.25, 0.3) is 0 Å². The summed E-state index contributed by atoms with van der Waals surface area (Å²) in [5.41, 5.74) is 1.88. The summed E-state index contributed by atoms with van der Waals surface area (Å²) < 4.78 is 5.13. The molecule has 2 aromatic rings. The first-order valence-corrected chi connectivity index (χ1v) is 9.38. The molecule has 0 unspecified atom stereocenters. The van der Waals surface area contributed by atoms with Gasteiger partial charge in [0.15, 0.2) is 0 Å². The van der Waals surface area contributed by atoms with E-state index < -0.39 is 6.10 Å². The van der Waals surface area contributed by atoms with Gasteiger partial charge < -0.3 is 14.5 Å². The van der Waals surface area contributed by atoms with Crippen molar-refractivity contribution in [1.82, 2.24) is 10.1 Å². The molecule has 0 aliphatic carbocycles. The Morgan fingerprint density at radius 2 is 2.15 bits per heavy atom. The summed E-state index contributed by atoms with van der Waals surface area (Å²) in [6.07, 6.45) is 1.53. The van der Waals surface area contributed by atoms with Crippen LogP contribution in [0.3, 0.4) is 0 Å². The molecular weight excluding hydrogens is 372 g/mol. The van der Waals surface area contributed by atoms with Crippen LogP contribution in [0.2, 0.25) is 5.02 Å². The molecule has 0 bridgehead atoms. The van der Waals surface area contributed by atoms with E-state index in [9.17, 15) is 9.90 Å². The molecule has 1 amide bonds. The molecule has 1 aliphatic heterocycles. The maximum absolute atomic E-state index is 12.6. The number of amides is 1. The van der Waals surface area contributed by atoms with Gasteiger partial charge in [-0.05, 0) is 37.5 Å². The van der Waals surface area contributed by atoms with Crippen LogP contribution in [0.5, 0.6) is 0 Å². The smallest absolute Gasteiger partial charge is 0.230 e. The van der Waals surface area contributed by atoms with Crippen molar-refractivity contribution in [3.05, 3.63) is 52.4 Å². The standard InChI is InChI=1S/C19H21ClN2O3S/c1-12-8-16(25-21-12)10-19(24)22-11-15(23)9-17(22)18(26)7-4-13-2-5-14(20)6-3-13/h2-3,5-6,8,15,17,23H,4,7,9-11H2,1H3/t15-,17+/m1/s1. The number of carbonyl (C=O) groups excluding carboxylic acids is 1. The summed E-state index contributed by atoms with van der Waals surface area (Å²) in [7, 11) is 0. The molecule has 1 fully saturated rings. The number of hydrogen-bond donors (Lipinski definition) is 1. The summed E-state index contributed by atoms with van der Waals surface area (Å²) in [6.45, 7) is 2.11. The van der Waals surface area contributed by atoms with Crippen molar-refractivity contribution >= 4 is 34.6 Å². The zero-order valence-electron chi connectivity index (χ0n) is 14.5. The number of hydrogen-bond acceptors (Lipinski definition) is 5. The third-order valence-corrected chi connectivity index (χ3v) is 5.27. The highest BCUT2D eigenvalue weighted by Crippen LogP contribution is 2.23. The lowest BCUT2D eigenvalue weighted by Gasteiger charge is -2.25. The maximum Gasteiger partial charge on any atom is 0.230 e. The van der Waals surface area contributed by atoms with Crippen LogP contribution < -0.4 is 0 Å². The molecule has 0 radical (unpaired) electrons. The van der Waals surface area contributed by atoms with Crippen LogP contribution in [0.4, 0.5) is 0 Å². The molecule has 138 valence electrons. The van der Waals surface area contributed by atoms with Gasteiger partial charge in [-0.2, -0.15) is 0 Å². The lowest BCUT2D eigenvalue weighted by atomic mass is 10.0. The van der Waals surface area contributed by atoms with Crippen LogP contribution in [-0.4, -0.2) is 44.6 Å². The maximum atomic E-state index is 12.6. The van der Waals surface area contributed by atoms with E-state index >= 15 is 0 Å². The van der Waals surface area contributed by atoms with E-state index in [1.807, 2.05) is 31.2 Å². The largest absolute Gasteiger partial charge is 0.391 e. The number of aryl methyl sites for hydroxylation is 2. The molecule has 0 spiro atoms. The average molecular weight is 393 g/mol. The van der Waals surface area contributed by atoms with Crippen LogP contribution in [0.1, 0.15) is 29.9 Å². The van der Waals surface area contributed by atoms with E-state index in [2.05, 4.69) is 5.16 Å². The Bertz CT molecular complexity index is 790. The number of nitrogens with zero attached hydrogens (tertiary/aromatic N) is 2. The first-order valence-electron chi connectivity index (χ1n) is 8.59. The van der Waals surface area contributed by atoms with Gasteiger partial charge in [-0.3, -0.25) is 4.79 Å². The summed E-state index contributed by atoms with van der Waals surface area (Å²) in [6, 6.07) is 9.19. The highest BCUT2D eigenvalue weighted by atomic mass is 35.5. The number of aliphatic hydroxyl groups is 1. The summed E-state index contributed by atoms with van der Waals surface area (Å²) in [5.74, 6) is 0.427. The fraction of sp³-hybridized carbons (Fsp3) is 0.421. The van der Waals surface area contributed by atoms with Gasteiger partial charge in [-0.25, -0.2) is 0 Å². The van der Waals surface area contributed by atoms with Gasteiger partial charge in [0.2, 0.25) is 5.91 Å². The second kappa shape index (κ2) is 8.29. The molecule has 1 aliphatic rings. The third-order valence-electron chi connectivity index (χ3n) is 4.55. The fourth-order valence-electron chi connectivity index (χ4n) is 3.23. The SMILES string of the molecule is Cc1cc(CC(=O)N2C[C@H](O)C[C@H]2C(=S)CCc2ccc(Cl)cc2)on1. The molecule has 0 saturated carbocycles. The molecule has 1 aromatic carbocycles. The Kier molecular flexibility index (Phi) is 6.06. The lowest BCUT2D eigenvalue weighted by Crippen LogP contribution is -2.41. The predicted molar refractivity (Wildman–Crippen MR) is 103 cm³/mol. The first-order chi connectivity index (χ1) is 12.4. The van der Waals surface area contributed by atoms with Crippen LogP contribution in [0, 0.1) is 6.92 Å². The van der Waals surface area contributed by atoms with Gasteiger partial charge >= 0.3 is 0 Å². The molecule has 1 aromatic heterocycles. The summed E-state index contributed by atoms with van der Waals surface area (Å²) in [4.78, 5) is 15.1. The normalized spacial score (nSPS) is 19.7. The second-order valence-electron chi connectivity index (χ2n) is 6.66. The van der Waals surface area contributed by atoms with E-state index in [4.69, 9.17) is 28.3 Å². The monoisotopic (exact) mass is 392 g/mol. The summed E-state index contributed by atoms with van der Waals surface area (Å²) in [5, 5.41) is 14.6. The third kappa shape index (κ3) is 4.69. The van der Waals surface area contributed by atoms with E-state index in [1.54, 1.807) is 11.0 Å². The number of halogens is 1. The van der Waals surface area contributed by atoms with Crippen molar-refractivity contribution in [2.24, 2.45) is 0 Å². The van der Waals surface area contributed by atoms with Gasteiger partial charge in [-0.1, -0.05) is 41.1 Å². The number of β-amino-alcohol motifs (C(OH)–C–C–N with tert-alkyl or cyclic N) is 1. The van der Waals surface area contributed by atoms with E-state index in [-0.39, 0.29) is 18.4 Å². The first kappa shape index (κ1) is 19.0. The number of rotatable bonds is 6. The zero-order chi connectivity index (χ0) is 18.7. The van der Waals surface area contributed by atoms with Crippen molar-refractivity contribution in [2.45, 2.75) is 44.8 Å². The Hall–Kier alpha value is -1.76. The van der Waals surface area contributed by atoms with Crippen molar-refractivity contribution in [3.63, 3.8) is 0 Å². The molecule has 7 heteroatoms.